The highest BCUT2D eigenvalue weighted by Gasteiger charge is 2.49. The van der Waals surface area contributed by atoms with E-state index >= 15 is 0 Å². The third-order valence-corrected chi connectivity index (χ3v) is 17.3. The molecule has 91 heavy (non-hydrogen) atoms. The molecule has 0 bridgehead atoms. The van der Waals surface area contributed by atoms with Crippen molar-refractivity contribution in [1.82, 2.24) is 29.9 Å². The van der Waals surface area contributed by atoms with Crippen LogP contribution in [0.3, 0.4) is 0 Å². The second-order valence-electron chi connectivity index (χ2n) is 21.8. The maximum Gasteiger partial charge on any atom is 0.177 e. The Balaban J connectivity index is 0.000000158. The van der Waals surface area contributed by atoms with Gasteiger partial charge in [0.15, 0.2) is 40.5 Å². The highest BCUT2D eigenvalue weighted by atomic mass is 79.9. The van der Waals surface area contributed by atoms with Crippen molar-refractivity contribution in [2.45, 2.75) is 11.0 Å². The van der Waals surface area contributed by atoms with E-state index in [-0.39, 0.29) is 5.82 Å². The number of aromatic nitrogens is 6. The van der Waals surface area contributed by atoms with Crippen LogP contribution in [0.5, 0.6) is 0 Å². The summed E-state index contributed by atoms with van der Waals surface area (Å²) >= 11 is 7.26. The normalized spacial score (nSPS) is 12.7. The molecule has 436 valence electrons. The van der Waals surface area contributed by atoms with E-state index in [9.17, 15) is 5.11 Å². The predicted molar refractivity (Wildman–Crippen MR) is 373 cm³/mol. The zero-order valence-electron chi connectivity index (χ0n) is 49.0. The molecule has 0 saturated heterocycles. The summed E-state index contributed by atoms with van der Waals surface area (Å²) in [5, 5.41) is 13.4. The molecule has 0 saturated carbocycles. The summed E-state index contributed by atoms with van der Waals surface area (Å²) in [7, 11) is 0. The van der Waals surface area contributed by atoms with E-state index in [0.29, 0.717) is 40.2 Å². The monoisotopic (exact) mass is 1300 g/mol. The molecule has 14 aromatic rings. The number of aliphatic hydroxyl groups is 1. The Morgan fingerprint density at radius 3 is 1.13 bits per heavy atom. The Bertz CT molecular complexity index is 4590. The van der Waals surface area contributed by atoms with E-state index in [1.165, 1.54) is 0 Å². The van der Waals surface area contributed by atoms with Gasteiger partial charge in [-0.3, -0.25) is 0 Å². The Hall–Kier alpha value is -10.8. The molecule has 11 heteroatoms. The molecule has 1 N–H and O–H groups in total. The van der Waals surface area contributed by atoms with Crippen molar-refractivity contribution >= 4 is 66.0 Å². The van der Waals surface area contributed by atoms with Gasteiger partial charge in [-0.15, -0.1) is 0 Å². The van der Waals surface area contributed by atoms with Crippen molar-refractivity contribution in [2.75, 3.05) is 9.80 Å². The summed E-state index contributed by atoms with van der Waals surface area (Å²) in [5.74, 6) is 3.11. The second kappa shape index (κ2) is 25.7. The number of para-hydroxylation sites is 6. The van der Waals surface area contributed by atoms with Gasteiger partial charge >= 0.3 is 0 Å². The third kappa shape index (κ3) is 11.3. The fraction of sp³-hybridized carbons (Fsp3) is 0.0250. The number of hydrogen-bond acceptors (Lipinski definition) is 9. The van der Waals surface area contributed by atoms with Crippen LogP contribution >= 0.6 is 31.9 Å². The number of halogens is 2. The van der Waals surface area contributed by atoms with E-state index in [4.69, 9.17) is 29.9 Å². The first kappa shape index (κ1) is 57.9. The quantitative estimate of drug-likeness (QED) is 0.121. The maximum atomic E-state index is 13.4. The third-order valence-electron chi connectivity index (χ3n) is 16.3. The van der Waals surface area contributed by atoms with Gasteiger partial charge in [0.2, 0.25) is 0 Å². The van der Waals surface area contributed by atoms with E-state index in [1.807, 2.05) is 182 Å². The van der Waals surface area contributed by atoms with Gasteiger partial charge in [-0.05, 0) is 101 Å². The zero-order chi connectivity index (χ0) is 61.6. The number of benzene rings is 12. The lowest BCUT2D eigenvalue weighted by molar-refractivity contribution is 0.116. The molecule has 3 heterocycles. The minimum atomic E-state index is -1.78. The van der Waals surface area contributed by atoms with Gasteiger partial charge in [0, 0.05) is 53.8 Å². The number of anilines is 6. The van der Waals surface area contributed by atoms with Gasteiger partial charge < -0.3 is 14.9 Å². The van der Waals surface area contributed by atoms with Crippen molar-refractivity contribution in [1.29, 1.82) is 0 Å². The Morgan fingerprint density at radius 1 is 0.341 bits per heavy atom. The van der Waals surface area contributed by atoms with Gasteiger partial charge in [0.1, 0.15) is 5.41 Å². The van der Waals surface area contributed by atoms with Gasteiger partial charge in [0.25, 0.3) is 0 Å². The predicted octanol–water partition coefficient (Wildman–Crippen LogP) is 19.9. The fourth-order valence-corrected chi connectivity index (χ4v) is 12.6. The second-order valence-corrected chi connectivity index (χ2v) is 23.6. The van der Waals surface area contributed by atoms with Gasteiger partial charge in [0.05, 0.1) is 17.1 Å². The van der Waals surface area contributed by atoms with E-state index in [0.717, 1.165) is 82.0 Å². The van der Waals surface area contributed by atoms with Gasteiger partial charge in [-0.2, -0.15) is 0 Å². The summed E-state index contributed by atoms with van der Waals surface area (Å²) < 4.78 is 1.91. The van der Waals surface area contributed by atoms with Crippen molar-refractivity contribution in [2.24, 2.45) is 0 Å². The molecule has 1 aliphatic heterocycles. The Kier molecular flexibility index (Phi) is 16.4. The van der Waals surface area contributed by atoms with Gasteiger partial charge in [-0.1, -0.05) is 287 Å². The summed E-state index contributed by atoms with van der Waals surface area (Å²) in [5.41, 5.74) is 11.3. The lowest BCUT2D eigenvalue weighted by Crippen LogP contribution is -2.39. The van der Waals surface area contributed by atoms with E-state index < -0.39 is 11.0 Å². The van der Waals surface area contributed by atoms with E-state index in [1.54, 1.807) is 0 Å². The molecule has 2 aromatic heterocycles. The van der Waals surface area contributed by atoms with Crippen LogP contribution in [0.2, 0.25) is 0 Å². The van der Waals surface area contributed by atoms with Crippen molar-refractivity contribution in [3.63, 3.8) is 0 Å². The zero-order valence-corrected chi connectivity index (χ0v) is 52.2. The van der Waals surface area contributed by atoms with Crippen molar-refractivity contribution < 1.29 is 5.11 Å². The van der Waals surface area contributed by atoms with Crippen LogP contribution in [0.25, 0.3) is 45.6 Å². The average Bonchev–Trinajstić information content (AvgIpc) is 0.708. The first-order valence-corrected chi connectivity index (χ1v) is 31.5. The highest BCUT2D eigenvalue weighted by molar-refractivity contribution is 9.10. The average molecular weight is 1310 g/mol. The van der Waals surface area contributed by atoms with Crippen LogP contribution in [0.4, 0.5) is 34.1 Å². The molecule has 12 aromatic carbocycles. The van der Waals surface area contributed by atoms with E-state index in [2.05, 4.69) is 193 Å². The molecule has 15 rings (SSSR count). The fourth-order valence-electron chi connectivity index (χ4n) is 12.1. The number of fused-ring (bicyclic) bond motifs is 2. The SMILES string of the molecule is Brc1ccc(C2(c3nc(-c4ccccc4)nc(-c4ccccc4)n3)c3ccccc3N(c3ccccc3)c3ccccc32)cc1.OC(c1ccc(Br)cc1)(c1nc(-c2ccccc2)nc(-c2ccccc2)n1)c1ccccc1N(c1ccccc1)c1ccccc1. The first-order chi connectivity index (χ1) is 44.8. The van der Waals surface area contributed by atoms with Crippen LogP contribution in [-0.2, 0) is 11.0 Å². The molecule has 0 aliphatic carbocycles. The molecular weight excluding hydrogens is 1250 g/mol. The number of hydrogen-bond donors (Lipinski definition) is 1. The molecule has 0 spiro atoms. The summed E-state index contributed by atoms with van der Waals surface area (Å²) in [6.07, 6.45) is 0. The minimum absolute atomic E-state index is 0.219. The smallest absolute Gasteiger partial charge is 0.177 e. The van der Waals surface area contributed by atoms with Crippen molar-refractivity contribution in [3.8, 4) is 45.6 Å². The van der Waals surface area contributed by atoms with Crippen LogP contribution < -0.4 is 9.80 Å². The molecular formula is C80H56Br2N8O. The van der Waals surface area contributed by atoms with Crippen LogP contribution in [0.1, 0.15) is 39.5 Å². The Labute approximate surface area is 545 Å². The minimum Gasteiger partial charge on any atom is -0.373 e. The Morgan fingerprint density at radius 2 is 0.692 bits per heavy atom. The molecule has 1 unspecified atom stereocenters. The lowest BCUT2D eigenvalue weighted by Gasteiger charge is -2.45. The van der Waals surface area contributed by atoms with Crippen molar-refractivity contribution in [3.05, 3.63) is 382 Å². The molecule has 1 aliphatic rings. The summed E-state index contributed by atoms with van der Waals surface area (Å²) in [6.45, 7) is 0. The standard InChI is InChI=1S/C40H29BrN4O.C40H27BrN4/c41-32-27-25-31(26-28-32)40(46,39-43-37(29-15-5-1-6-16-29)42-38(44-39)30-17-7-2-8-18-30)35-23-13-14-24-36(35)45(33-19-9-3-10-20-33)34-21-11-4-12-22-34;41-31-26-24-30(25-27-31)40(39-43-37(28-14-4-1-5-15-28)42-38(44-39)29-16-6-2-7-17-29)33-20-10-12-22-35(33)45(32-18-8-3-9-19-32)36-23-13-11-21-34(36)40/h1-28,46H;1-27H. The van der Waals surface area contributed by atoms with Crippen LogP contribution in [0, 0.1) is 0 Å². The summed E-state index contributed by atoms with van der Waals surface area (Å²) in [4.78, 5) is 35.2. The highest BCUT2D eigenvalue weighted by Crippen LogP contribution is 2.57. The lowest BCUT2D eigenvalue weighted by atomic mass is 9.65. The number of rotatable bonds is 13. The summed E-state index contributed by atoms with van der Waals surface area (Å²) in [6, 6.07) is 112. The molecule has 1 atom stereocenters. The molecule has 0 amide bonds. The maximum absolute atomic E-state index is 13.4. The van der Waals surface area contributed by atoms with Crippen LogP contribution in [-0.4, -0.2) is 35.0 Å². The largest absolute Gasteiger partial charge is 0.373 e. The molecule has 0 fully saturated rings. The van der Waals surface area contributed by atoms with Crippen LogP contribution in [0.15, 0.2) is 343 Å². The molecule has 0 radical (unpaired) electrons. The van der Waals surface area contributed by atoms with Gasteiger partial charge in [-0.25, -0.2) is 29.9 Å². The molecule has 9 nitrogen and oxygen atoms in total. The number of nitrogens with zero attached hydrogens (tertiary/aromatic N) is 8. The first-order valence-electron chi connectivity index (χ1n) is 29.9. The topological polar surface area (TPSA) is 104 Å².